The van der Waals surface area contributed by atoms with E-state index in [4.69, 9.17) is 0 Å². The van der Waals surface area contributed by atoms with Crippen molar-refractivity contribution in [1.29, 1.82) is 0 Å². The first kappa shape index (κ1) is 13.3. The second-order valence-corrected chi connectivity index (χ2v) is 7.18. The number of fused-ring (bicyclic) bond motifs is 1. The van der Waals surface area contributed by atoms with Gasteiger partial charge in [-0.05, 0) is 56.8 Å². The number of carboxylic acids is 1. The molecule has 1 N–H and O–H groups in total. The van der Waals surface area contributed by atoms with E-state index in [2.05, 4.69) is 36.8 Å². The van der Waals surface area contributed by atoms with Gasteiger partial charge in [-0.25, -0.2) is 4.98 Å². The number of aliphatic carboxylic acids is 1. The fraction of sp³-hybridized carbons (Fsp3) is 0.231. The summed E-state index contributed by atoms with van der Waals surface area (Å²) in [5, 5.41) is 10.1. The molecule has 0 aliphatic heterocycles. The molecule has 0 radical (unpaired) electrons. The van der Waals surface area contributed by atoms with Crippen LogP contribution >= 0.6 is 43.2 Å². The molecule has 3 rings (SSSR count). The zero-order chi connectivity index (χ0) is 13.6. The molecule has 0 amide bonds. The fourth-order valence-electron chi connectivity index (χ4n) is 2.22. The lowest BCUT2D eigenvalue weighted by atomic mass is 10.1. The standard InChI is InChI=1S/C13H9Br2NO2S/c14-8-3-1-6(5-9(8)15)12-16-11-7(13(17)18)2-4-10(11)19-12/h1,3,5,7H,2,4H2,(H,17,18). The van der Waals surface area contributed by atoms with E-state index in [-0.39, 0.29) is 0 Å². The Hall–Kier alpha value is -0.720. The number of rotatable bonds is 2. The molecule has 1 aromatic heterocycles. The topological polar surface area (TPSA) is 50.2 Å². The maximum Gasteiger partial charge on any atom is 0.312 e. The van der Waals surface area contributed by atoms with Crippen LogP contribution in [-0.4, -0.2) is 16.1 Å². The summed E-state index contributed by atoms with van der Waals surface area (Å²) in [6.07, 6.45) is 1.50. The molecule has 98 valence electrons. The zero-order valence-corrected chi connectivity index (χ0v) is 13.7. The van der Waals surface area contributed by atoms with Gasteiger partial charge in [-0.2, -0.15) is 0 Å². The van der Waals surface area contributed by atoms with Crippen molar-refractivity contribution in [2.24, 2.45) is 0 Å². The van der Waals surface area contributed by atoms with Gasteiger partial charge in [-0.15, -0.1) is 11.3 Å². The number of halogens is 2. The van der Waals surface area contributed by atoms with Gasteiger partial charge in [-0.1, -0.05) is 6.07 Å². The molecular weight excluding hydrogens is 394 g/mol. The third-order valence-electron chi connectivity index (χ3n) is 3.18. The molecule has 1 aliphatic rings. The van der Waals surface area contributed by atoms with Gasteiger partial charge in [0.15, 0.2) is 0 Å². The smallest absolute Gasteiger partial charge is 0.312 e. The van der Waals surface area contributed by atoms with E-state index in [1.165, 1.54) is 0 Å². The van der Waals surface area contributed by atoms with Crippen LogP contribution in [0.15, 0.2) is 27.1 Å². The van der Waals surface area contributed by atoms with Gasteiger partial charge >= 0.3 is 5.97 Å². The minimum atomic E-state index is -0.771. The maximum absolute atomic E-state index is 11.2. The lowest BCUT2D eigenvalue weighted by Crippen LogP contribution is -2.08. The molecule has 0 fully saturated rings. The first-order valence-electron chi connectivity index (χ1n) is 5.74. The molecule has 19 heavy (non-hydrogen) atoms. The van der Waals surface area contributed by atoms with E-state index in [9.17, 15) is 9.90 Å². The molecule has 0 spiro atoms. The third kappa shape index (κ3) is 2.37. The van der Waals surface area contributed by atoms with Crippen molar-refractivity contribution >= 4 is 49.2 Å². The van der Waals surface area contributed by atoms with Crippen molar-refractivity contribution in [3.63, 3.8) is 0 Å². The van der Waals surface area contributed by atoms with E-state index in [0.29, 0.717) is 6.42 Å². The van der Waals surface area contributed by atoms with Crippen molar-refractivity contribution in [3.8, 4) is 10.6 Å². The lowest BCUT2D eigenvalue weighted by Gasteiger charge is -2.02. The molecule has 6 heteroatoms. The summed E-state index contributed by atoms with van der Waals surface area (Å²) < 4.78 is 1.96. The second-order valence-electron chi connectivity index (χ2n) is 4.39. The highest BCUT2D eigenvalue weighted by atomic mass is 79.9. The van der Waals surface area contributed by atoms with Crippen LogP contribution in [0.25, 0.3) is 10.6 Å². The number of carbonyl (C=O) groups is 1. The summed E-state index contributed by atoms with van der Waals surface area (Å²) >= 11 is 8.50. The molecule has 1 atom stereocenters. The number of benzene rings is 1. The van der Waals surface area contributed by atoms with Crippen LogP contribution in [0, 0.1) is 0 Å². The number of nitrogens with zero attached hydrogens (tertiary/aromatic N) is 1. The Bertz CT molecular complexity index is 669. The highest BCUT2D eigenvalue weighted by Gasteiger charge is 2.32. The molecule has 0 saturated carbocycles. The molecule has 1 heterocycles. The Morgan fingerprint density at radius 2 is 2.16 bits per heavy atom. The van der Waals surface area contributed by atoms with Crippen molar-refractivity contribution in [2.45, 2.75) is 18.8 Å². The Labute approximate surface area is 130 Å². The van der Waals surface area contributed by atoms with E-state index >= 15 is 0 Å². The molecule has 1 aromatic carbocycles. The number of aryl methyl sites for hydroxylation is 1. The predicted octanol–water partition coefficient (Wildman–Crippen LogP) is 4.45. The molecule has 2 aromatic rings. The number of hydrogen-bond acceptors (Lipinski definition) is 3. The summed E-state index contributed by atoms with van der Waals surface area (Å²) in [5.74, 6) is -1.20. The van der Waals surface area contributed by atoms with Crippen LogP contribution in [0.4, 0.5) is 0 Å². The first-order valence-corrected chi connectivity index (χ1v) is 8.14. The highest BCUT2D eigenvalue weighted by Crippen LogP contribution is 2.40. The maximum atomic E-state index is 11.2. The molecule has 0 bridgehead atoms. The van der Waals surface area contributed by atoms with E-state index in [0.717, 1.165) is 36.5 Å². The Morgan fingerprint density at radius 3 is 2.84 bits per heavy atom. The van der Waals surface area contributed by atoms with E-state index in [1.54, 1.807) is 11.3 Å². The zero-order valence-electron chi connectivity index (χ0n) is 9.69. The Kier molecular flexibility index (Phi) is 3.49. The Morgan fingerprint density at radius 1 is 1.37 bits per heavy atom. The normalized spacial score (nSPS) is 17.5. The van der Waals surface area contributed by atoms with Crippen molar-refractivity contribution in [3.05, 3.63) is 37.7 Å². The average molecular weight is 403 g/mol. The summed E-state index contributed by atoms with van der Waals surface area (Å²) in [6.45, 7) is 0. The SMILES string of the molecule is O=C(O)C1CCc2sc(-c3ccc(Br)c(Br)c3)nc21. The molecule has 0 saturated heterocycles. The number of thiazole rings is 1. The van der Waals surface area contributed by atoms with E-state index in [1.807, 2.05) is 18.2 Å². The van der Waals surface area contributed by atoms with Gasteiger partial charge in [0.05, 0.1) is 5.69 Å². The minimum Gasteiger partial charge on any atom is -0.481 e. The number of carboxylic acid groups (broad SMARTS) is 1. The average Bonchev–Trinajstić information content (AvgIpc) is 2.91. The number of hydrogen-bond donors (Lipinski definition) is 1. The van der Waals surface area contributed by atoms with E-state index < -0.39 is 11.9 Å². The van der Waals surface area contributed by atoms with Crippen molar-refractivity contribution < 1.29 is 9.90 Å². The molecular formula is C13H9Br2NO2S. The van der Waals surface area contributed by atoms with Gasteiger partial charge in [0.1, 0.15) is 10.9 Å². The summed E-state index contributed by atoms with van der Waals surface area (Å²) in [4.78, 5) is 16.8. The van der Waals surface area contributed by atoms with Gasteiger partial charge in [-0.3, -0.25) is 4.79 Å². The summed E-state index contributed by atoms with van der Waals surface area (Å²) in [5.41, 5.74) is 1.77. The third-order valence-corrected chi connectivity index (χ3v) is 6.24. The minimum absolute atomic E-state index is 0.432. The van der Waals surface area contributed by atoms with Crippen LogP contribution in [0.2, 0.25) is 0 Å². The summed E-state index contributed by atoms with van der Waals surface area (Å²) in [7, 11) is 0. The molecule has 1 aliphatic carbocycles. The van der Waals surface area contributed by atoms with Gasteiger partial charge < -0.3 is 5.11 Å². The van der Waals surface area contributed by atoms with Crippen LogP contribution in [0.5, 0.6) is 0 Å². The van der Waals surface area contributed by atoms with Gasteiger partial charge in [0.2, 0.25) is 0 Å². The van der Waals surface area contributed by atoms with Crippen LogP contribution < -0.4 is 0 Å². The van der Waals surface area contributed by atoms with Crippen LogP contribution in [-0.2, 0) is 11.2 Å². The van der Waals surface area contributed by atoms with Gasteiger partial charge in [0, 0.05) is 19.4 Å². The monoisotopic (exact) mass is 401 g/mol. The van der Waals surface area contributed by atoms with Crippen molar-refractivity contribution in [1.82, 2.24) is 4.98 Å². The summed E-state index contributed by atoms with van der Waals surface area (Å²) in [6, 6.07) is 5.94. The lowest BCUT2D eigenvalue weighted by molar-refractivity contribution is -0.138. The number of aromatic nitrogens is 1. The second kappa shape index (κ2) is 5.00. The largest absolute Gasteiger partial charge is 0.481 e. The van der Waals surface area contributed by atoms with Crippen LogP contribution in [0.3, 0.4) is 0 Å². The highest BCUT2D eigenvalue weighted by molar-refractivity contribution is 9.13. The van der Waals surface area contributed by atoms with Crippen LogP contribution in [0.1, 0.15) is 22.9 Å². The van der Waals surface area contributed by atoms with Gasteiger partial charge in [0.25, 0.3) is 0 Å². The predicted molar refractivity (Wildman–Crippen MR) is 81.6 cm³/mol. The molecule has 1 unspecified atom stereocenters. The fourth-order valence-corrected chi connectivity index (χ4v) is 3.98. The van der Waals surface area contributed by atoms with Crippen molar-refractivity contribution in [2.75, 3.05) is 0 Å². The Balaban J connectivity index is 2.02. The quantitative estimate of drug-likeness (QED) is 0.807. The molecule has 3 nitrogen and oxygen atoms in total. The first-order chi connectivity index (χ1) is 9.06.